The van der Waals surface area contributed by atoms with Crippen LogP contribution in [-0.2, 0) is 0 Å². The molecule has 0 bridgehead atoms. The lowest BCUT2D eigenvalue weighted by Gasteiger charge is -2.18. The number of rotatable bonds is 5. The van der Waals surface area contributed by atoms with Gasteiger partial charge in [0, 0.05) is 11.8 Å². The molecule has 3 aromatic rings. The number of benzene rings is 2. The van der Waals surface area contributed by atoms with Crippen LogP contribution in [0.4, 0.5) is 5.69 Å². The van der Waals surface area contributed by atoms with Crippen LogP contribution in [0.5, 0.6) is 11.6 Å². The molecule has 0 unspecified atom stereocenters. The Morgan fingerprint density at radius 3 is 2.68 bits per heavy atom. The van der Waals surface area contributed by atoms with Crippen LogP contribution in [0, 0.1) is 12.3 Å². The van der Waals surface area contributed by atoms with Gasteiger partial charge in [-0.25, -0.2) is 9.97 Å². The number of amidine groups is 1. The lowest BCUT2D eigenvalue weighted by molar-refractivity contribution is 0.468. The molecular formula is C25H27N5O. The number of aliphatic imine (C=N–C) groups is 1. The van der Waals surface area contributed by atoms with Gasteiger partial charge in [0.1, 0.15) is 23.7 Å². The molecule has 1 aliphatic heterocycles. The number of hydrogen-bond acceptors (Lipinski definition) is 6. The first-order valence-electron chi connectivity index (χ1n) is 10.3. The number of anilines is 1. The first-order chi connectivity index (χ1) is 14.8. The van der Waals surface area contributed by atoms with Gasteiger partial charge in [0.2, 0.25) is 5.88 Å². The fraction of sp³-hybridized carbons (Fsp3) is 0.240. The SMILES string of the molecule is C=C(NC1=NCC(C(C)(C)C)=C1)Nc1cccc(Oc2ncnc3ccc(C)cc23)c1. The standard InChI is InChI=1S/C25H27N5O/c1-16-9-10-22-21(11-16)24(28-15-27-22)31-20-8-6-7-19(13-20)29-17(2)30-23-12-18(14-26-23)25(3,4)5/h6-13,15,29H,2,14H2,1,3-5H3,(H,26,30). The fourth-order valence-corrected chi connectivity index (χ4v) is 3.29. The second-order valence-corrected chi connectivity index (χ2v) is 8.68. The third kappa shape index (κ3) is 4.91. The molecule has 2 N–H and O–H groups in total. The second kappa shape index (κ2) is 8.22. The predicted molar refractivity (Wildman–Crippen MR) is 127 cm³/mol. The van der Waals surface area contributed by atoms with Crippen LogP contribution >= 0.6 is 0 Å². The Morgan fingerprint density at radius 2 is 1.90 bits per heavy atom. The molecule has 4 rings (SSSR count). The minimum Gasteiger partial charge on any atom is -0.438 e. The number of fused-ring (bicyclic) bond motifs is 1. The minimum absolute atomic E-state index is 0.108. The number of ether oxygens (including phenoxy) is 1. The Hall–Kier alpha value is -3.67. The number of aromatic nitrogens is 2. The minimum atomic E-state index is 0.108. The normalized spacial score (nSPS) is 13.5. The number of hydrogen-bond donors (Lipinski definition) is 2. The van der Waals surface area contributed by atoms with Crippen molar-refractivity contribution in [3.05, 3.63) is 78.4 Å². The highest BCUT2D eigenvalue weighted by atomic mass is 16.5. The summed E-state index contributed by atoms with van der Waals surface area (Å²) in [6.45, 7) is 13.4. The summed E-state index contributed by atoms with van der Waals surface area (Å²) in [6.07, 6.45) is 3.61. The summed E-state index contributed by atoms with van der Waals surface area (Å²) < 4.78 is 6.08. The quantitative estimate of drug-likeness (QED) is 0.571. The zero-order valence-corrected chi connectivity index (χ0v) is 18.4. The molecule has 0 fully saturated rings. The van der Waals surface area contributed by atoms with E-state index in [9.17, 15) is 0 Å². The van der Waals surface area contributed by atoms with Gasteiger partial charge in [-0.1, -0.05) is 45.0 Å². The van der Waals surface area contributed by atoms with E-state index in [1.807, 2.05) is 49.4 Å². The Labute approximate surface area is 182 Å². The van der Waals surface area contributed by atoms with Crippen LogP contribution < -0.4 is 15.4 Å². The number of nitrogens with one attached hydrogen (secondary N) is 2. The van der Waals surface area contributed by atoms with Gasteiger partial charge in [0.15, 0.2) is 0 Å². The predicted octanol–water partition coefficient (Wildman–Crippen LogP) is 5.59. The van der Waals surface area contributed by atoms with Crippen molar-refractivity contribution < 1.29 is 4.74 Å². The molecule has 0 aliphatic carbocycles. The average molecular weight is 414 g/mol. The lowest BCUT2D eigenvalue weighted by Crippen LogP contribution is -2.24. The molecule has 0 saturated heterocycles. The van der Waals surface area contributed by atoms with Crippen molar-refractivity contribution in [1.29, 1.82) is 0 Å². The van der Waals surface area contributed by atoms with E-state index in [-0.39, 0.29) is 5.41 Å². The van der Waals surface area contributed by atoms with E-state index in [2.05, 4.69) is 59.0 Å². The molecule has 0 atom stereocenters. The summed E-state index contributed by atoms with van der Waals surface area (Å²) in [6, 6.07) is 13.7. The first kappa shape index (κ1) is 20.6. The Bertz CT molecular complexity index is 1200. The maximum atomic E-state index is 6.08. The first-order valence-corrected chi connectivity index (χ1v) is 10.3. The van der Waals surface area contributed by atoms with Gasteiger partial charge in [-0.05, 0) is 48.3 Å². The molecule has 1 aliphatic rings. The van der Waals surface area contributed by atoms with Crippen LogP contribution in [0.2, 0.25) is 0 Å². The average Bonchev–Trinajstić information content (AvgIpc) is 3.17. The maximum Gasteiger partial charge on any atom is 0.230 e. The summed E-state index contributed by atoms with van der Waals surface area (Å²) >= 11 is 0. The lowest BCUT2D eigenvalue weighted by atomic mass is 9.87. The van der Waals surface area contributed by atoms with Gasteiger partial charge >= 0.3 is 0 Å². The monoisotopic (exact) mass is 413 g/mol. The zero-order chi connectivity index (χ0) is 22.0. The molecule has 0 spiro atoms. The molecule has 6 nitrogen and oxygen atoms in total. The highest BCUT2D eigenvalue weighted by Gasteiger charge is 2.21. The van der Waals surface area contributed by atoms with Crippen molar-refractivity contribution in [3.8, 4) is 11.6 Å². The van der Waals surface area contributed by atoms with E-state index in [0.29, 0.717) is 17.5 Å². The van der Waals surface area contributed by atoms with Crippen LogP contribution in [0.3, 0.4) is 0 Å². The molecular weight excluding hydrogens is 386 g/mol. The van der Waals surface area contributed by atoms with Crippen LogP contribution in [0.1, 0.15) is 26.3 Å². The Morgan fingerprint density at radius 1 is 1.06 bits per heavy atom. The van der Waals surface area contributed by atoms with Gasteiger partial charge in [-0.2, -0.15) is 0 Å². The molecule has 0 radical (unpaired) electrons. The molecule has 1 aromatic heterocycles. The summed E-state index contributed by atoms with van der Waals surface area (Å²) in [5.74, 6) is 2.67. The van der Waals surface area contributed by atoms with E-state index in [1.54, 1.807) is 0 Å². The van der Waals surface area contributed by atoms with Crippen molar-refractivity contribution in [2.45, 2.75) is 27.7 Å². The highest BCUT2D eigenvalue weighted by Crippen LogP contribution is 2.29. The van der Waals surface area contributed by atoms with E-state index >= 15 is 0 Å². The topological polar surface area (TPSA) is 71.4 Å². The number of nitrogens with zero attached hydrogens (tertiary/aromatic N) is 3. The fourth-order valence-electron chi connectivity index (χ4n) is 3.29. The zero-order valence-electron chi connectivity index (χ0n) is 18.4. The largest absolute Gasteiger partial charge is 0.438 e. The molecule has 2 heterocycles. The number of aryl methyl sites for hydroxylation is 1. The van der Waals surface area contributed by atoms with Gasteiger partial charge in [0.25, 0.3) is 0 Å². The molecule has 158 valence electrons. The second-order valence-electron chi connectivity index (χ2n) is 8.68. The van der Waals surface area contributed by atoms with Crippen molar-refractivity contribution >= 4 is 22.4 Å². The van der Waals surface area contributed by atoms with Gasteiger partial charge in [-0.3, -0.25) is 4.99 Å². The van der Waals surface area contributed by atoms with Gasteiger partial charge in [0.05, 0.1) is 17.4 Å². The maximum absolute atomic E-state index is 6.08. The van der Waals surface area contributed by atoms with Gasteiger partial charge < -0.3 is 15.4 Å². The summed E-state index contributed by atoms with van der Waals surface area (Å²) in [4.78, 5) is 13.2. The Balaban J connectivity index is 1.45. The van der Waals surface area contributed by atoms with Crippen molar-refractivity contribution in [2.75, 3.05) is 11.9 Å². The van der Waals surface area contributed by atoms with E-state index in [1.165, 1.54) is 11.9 Å². The van der Waals surface area contributed by atoms with Crippen molar-refractivity contribution in [2.24, 2.45) is 10.4 Å². The van der Waals surface area contributed by atoms with E-state index in [4.69, 9.17) is 4.74 Å². The Kier molecular flexibility index (Phi) is 5.46. The smallest absolute Gasteiger partial charge is 0.230 e. The molecule has 6 heteroatoms. The van der Waals surface area contributed by atoms with Crippen LogP contribution in [0.15, 0.2) is 77.8 Å². The van der Waals surface area contributed by atoms with Crippen LogP contribution in [0.25, 0.3) is 10.9 Å². The summed E-state index contributed by atoms with van der Waals surface area (Å²) in [5.41, 5.74) is 4.23. The third-order valence-corrected chi connectivity index (χ3v) is 5.07. The molecule has 0 saturated carbocycles. The molecule has 31 heavy (non-hydrogen) atoms. The summed E-state index contributed by atoms with van der Waals surface area (Å²) in [5, 5.41) is 7.38. The molecule has 0 amide bonds. The van der Waals surface area contributed by atoms with E-state index in [0.717, 1.165) is 34.5 Å². The summed E-state index contributed by atoms with van der Waals surface area (Å²) in [7, 11) is 0. The van der Waals surface area contributed by atoms with Crippen molar-refractivity contribution in [3.63, 3.8) is 0 Å². The highest BCUT2D eigenvalue weighted by molar-refractivity contribution is 5.97. The van der Waals surface area contributed by atoms with Crippen LogP contribution in [-0.4, -0.2) is 22.3 Å². The van der Waals surface area contributed by atoms with Gasteiger partial charge in [-0.15, -0.1) is 0 Å². The molecule has 2 aromatic carbocycles. The van der Waals surface area contributed by atoms with E-state index < -0.39 is 0 Å². The third-order valence-electron chi connectivity index (χ3n) is 5.07. The van der Waals surface area contributed by atoms with Crippen molar-refractivity contribution in [1.82, 2.24) is 15.3 Å².